The van der Waals surface area contributed by atoms with Gasteiger partial charge in [-0.2, -0.15) is 0 Å². The Labute approximate surface area is 71.8 Å². The summed E-state index contributed by atoms with van der Waals surface area (Å²) in [6.45, 7) is 4.08. The first-order chi connectivity index (χ1) is 5.52. The van der Waals surface area contributed by atoms with Crippen LogP contribution in [0.25, 0.3) is 0 Å². The minimum Gasteiger partial charge on any atom is -0.389 e. The molecule has 0 bridgehead atoms. The summed E-state index contributed by atoms with van der Waals surface area (Å²) in [6, 6.07) is -0.197. The van der Waals surface area contributed by atoms with Crippen LogP contribution in [-0.4, -0.2) is 52.2 Å². The van der Waals surface area contributed by atoms with Crippen LogP contribution in [0.1, 0.15) is 13.8 Å². The second-order valence-corrected chi connectivity index (χ2v) is 3.38. The highest BCUT2D eigenvalue weighted by atomic mass is 16.3. The van der Waals surface area contributed by atoms with Gasteiger partial charge in [-0.25, -0.2) is 0 Å². The number of Topliss-reactive ketones (excluding diaryl/α,β-unsaturated/α-hetero) is 1. The predicted molar refractivity (Wildman–Crippen MR) is 43.7 cm³/mol. The molecule has 3 atom stereocenters. The normalized spacial score (nSPS) is 33.7. The molecule has 1 heterocycles. The van der Waals surface area contributed by atoms with Gasteiger partial charge in [0.1, 0.15) is 5.78 Å². The summed E-state index contributed by atoms with van der Waals surface area (Å²) in [5, 5.41) is 18.4. The lowest BCUT2D eigenvalue weighted by atomic mass is 10.2. The fourth-order valence-electron chi connectivity index (χ4n) is 1.37. The Morgan fingerprint density at radius 3 is 2.17 bits per heavy atom. The number of β-amino-alcohol motifs (C(OH)–C–C–N with tert-alkyl or cyclic N) is 2. The molecule has 4 nitrogen and oxygen atoms in total. The fraction of sp³-hybridized carbons (Fsp3) is 0.875. The number of rotatable bonds is 2. The first kappa shape index (κ1) is 9.64. The molecule has 0 aromatic carbocycles. The van der Waals surface area contributed by atoms with Crippen molar-refractivity contribution in [2.24, 2.45) is 0 Å². The Morgan fingerprint density at radius 1 is 1.42 bits per heavy atom. The molecule has 70 valence electrons. The minimum absolute atomic E-state index is 0.0660. The lowest BCUT2D eigenvalue weighted by molar-refractivity contribution is -0.121. The second kappa shape index (κ2) is 3.51. The van der Waals surface area contributed by atoms with Crippen LogP contribution in [-0.2, 0) is 4.79 Å². The summed E-state index contributed by atoms with van der Waals surface area (Å²) in [6.07, 6.45) is -1.40. The van der Waals surface area contributed by atoms with E-state index in [2.05, 4.69) is 0 Å². The van der Waals surface area contributed by atoms with Crippen LogP contribution >= 0.6 is 0 Å². The summed E-state index contributed by atoms with van der Waals surface area (Å²) in [7, 11) is 0. The van der Waals surface area contributed by atoms with Crippen molar-refractivity contribution in [3.63, 3.8) is 0 Å². The molecule has 4 heteroatoms. The van der Waals surface area contributed by atoms with Crippen LogP contribution in [0.3, 0.4) is 0 Å². The first-order valence-electron chi connectivity index (χ1n) is 4.13. The number of hydrogen-bond acceptors (Lipinski definition) is 4. The molecule has 1 aliphatic heterocycles. The van der Waals surface area contributed by atoms with Gasteiger partial charge in [0.2, 0.25) is 0 Å². The van der Waals surface area contributed by atoms with Gasteiger partial charge in [0.15, 0.2) is 0 Å². The van der Waals surface area contributed by atoms with Gasteiger partial charge in [-0.3, -0.25) is 9.69 Å². The molecular formula is C8H15NO3. The summed E-state index contributed by atoms with van der Waals surface area (Å²) < 4.78 is 0. The zero-order valence-corrected chi connectivity index (χ0v) is 7.40. The Morgan fingerprint density at radius 2 is 1.83 bits per heavy atom. The van der Waals surface area contributed by atoms with Gasteiger partial charge in [-0.05, 0) is 13.8 Å². The molecule has 0 spiro atoms. The zero-order valence-electron chi connectivity index (χ0n) is 7.40. The molecule has 0 aliphatic carbocycles. The summed E-state index contributed by atoms with van der Waals surface area (Å²) in [5.41, 5.74) is 0. The number of aliphatic hydroxyl groups excluding tert-OH is 2. The molecule has 1 rings (SSSR count). The lowest BCUT2D eigenvalue weighted by Crippen LogP contribution is -2.36. The number of ketones is 1. The third-order valence-electron chi connectivity index (χ3n) is 2.42. The van der Waals surface area contributed by atoms with Gasteiger partial charge in [-0.1, -0.05) is 0 Å². The summed E-state index contributed by atoms with van der Waals surface area (Å²) >= 11 is 0. The standard InChI is InChI=1S/C8H15NO3/c1-5(6(2)10)9-3-7(11)8(12)4-9/h5,7-8,11-12H,3-4H2,1-2H3. The second-order valence-electron chi connectivity index (χ2n) is 3.38. The lowest BCUT2D eigenvalue weighted by Gasteiger charge is -2.20. The third kappa shape index (κ3) is 1.83. The predicted octanol–water partition coefficient (Wildman–Crippen LogP) is -0.999. The largest absolute Gasteiger partial charge is 0.389 e. The molecule has 1 saturated heterocycles. The number of carbonyl (C=O) groups excluding carboxylic acids is 1. The highest BCUT2D eigenvalue weighted by Gasteiger charge is 2.33. The molecule has 0 radical (unpaired) electrons. The third-order valence-corrected chi connectivity index (χ3v) is 2.42. The van der Waals surface area contributed by atoms with Crippen LogP contribution in [0.2, 0.25) is 0 Å². The van der Waals surface area contributed by atoms with E-state index in [0.29, 0.717) is 13.1 Å². The van der Waals surface area contributed by atoms with Crippen LogP contribution in [0.4, 0.5) is 0 Å². The van der Waals surface area contributed by atoms with Crippen LogP contribution in [0.5, 0.6) is 0 Å². The molecule has 0 aromatic heterocycles. The SMILES string of the molecule is CC(=O)C(C)N1CC(O)C(O)C1. The van der Waals surface area contributed by atoms with E-state index in [4.69, 9.17) is 0 Å². The molecule has 1 fully saturated rings. The van der Waals surface area contributed by atoms with E-state index in [0.717, 1.165) is 0 Å². The minimum atomic E-state index is -0.702. The van der Waals surface area contributed by atoms with E-state index in [1.54, 1.807) is 11.8 Å². The maximum atomic E-state index is 10.9. The number of hydrogen-bond donors (Lipinski definition) is 2. The average molecular weight is 173 g/mol. The van der Waals surface area contributed by atoms with Gasteiger partial charge < -0.3 is 10.2 Å². The van der Waals surface area contributed by atoms with Crippen molar-refractivity contribution in [3.05, 3.63) is 0 Å². The van der Waals surface area contributed by atoms with E-state index < -0.39 is 12.2 Å². The van der Waals surface area contributed by atoms with Crippen molar-refractivity contribution >= 4 is 5.78 Å². The van der Waals surface area contributed by atoms with E-state index in [1.165, 1.54) is 6.92 Å². The maximum Gasteiger partial charge on any atom is 0.146 e. The van der Waals surface area contributed by atoms with Crippen molar-refractivity contribution in [1.29, 1.82) is 0 Å². The highest BCUT2D eigenvalue weighted by molar-refractivity contribution is 5.81. The topological polar surface area (TPSA) is 60.8 Å². The van der Waals surface area contributed by atoms with E-state index >= 15 is 0 Å². The summed E-state index contributed by atoms with van der Waals surface area (Å²) in [5.74, 6) is 0.0660. The molecule has 3 unspecified atom stereocenters. The fourth-order valence-corrected chi connectivity index (χ4v) is 1.37. The molecule has 2 N–H and O–H groups in total. The first-order valence-corrected chi connectivity index (χ1v) is 4.13. The van der Waals surface area contributed by atoms with E-state index in [1.807, 2.05) is 0 Å². The van der Waals surface area contributed by atoms with Gasteiger partial charge in [0.05, 0.1) is 18.2 Å². The number of aliphatic hydroxyl groups is 2. The van der Waals surface area contributed by atoms with Gasteiger partial charge in [0.25, 0.3) is 0 Å². The quantitative estimate of drug-likeness (QED) is 0.562. The van der Waals surface area contributed by atoms with Crippen molar-refractivity contribution in [2.45, 2.75) is 32.1 Å². The van der Waals surface area contributed by atoms with Crippen LogP contribution in [0, 0.1) is 0 Å². The number of likely N-dealkylation sites (tertiary alicyclic amines) is 1. The Balaban J connectivity index is 2.51. The molecule has 0 amide bonds. The van der Waals surface area contributed by atoms with E-state index in [9.17, 15) is 15.0 Å². The van der Waals surface area contributed by atoms with Gasteiger partial charge in [-0.15, -0.1) is 0 Å². The van der Waals surface area contributed by atoms with Crippen LogP contribution < -0.4 is 0 Å². The summed E-state index contributed by atoms with van der Waals surface area (Å²) in [4.78, 5) is 12.7. The average Bonchev–Trinajstić information content (AvgIpc) is 2.30. The molecule has 0 aromatic rings. The maximum absolute atomic E-state index is 10.9. The highest BCUT2D eigenvalue weighted by Crippen LogP contribution is 2.13. The Kier molecular flexibility index (Phi) is 2.82. The van der Waals surface area contributed by atoms with Crippen molar-refractivity contribution < 1.29 is 15.0 Å². The smallest absolute Gasteiger partial charge is 0.146 e. The molecular weight excluding hydrogens is 158 g/mol. The molecule has 12 heavy (non-hydrogen) atoms. The zero-order chi connectivity index (χ0) is 9.30. The number of carbonyl (C=O) groups is 1. The molecule has 0 saturated carbocycles. The van der Waals surface area contributed by atoms with Gasteiger partial charge in [0, 0.05) is 13.1 Å². The molecule has 1 aliphatic rings. The monoisotopic (exact) mass is 173 g/mol. The van der Waals surface area contributed by atoms with Crippen LogP contribution in [0.15, 0.2) is 0 Å². The van der Waals surface area contributed by atoms with Crippen molar-refractivity contribution in [3.8, 4) is 0 Å². The van der Waals surface area contributed by atoms with Crippen molar-refractivity contribution in [2.75, 3.05) is 13.1 Å². The van der Waals surface area contributed by atoms with Gasteiger partial charge >= 0.3 is 0 Å². The Bertz CT molecular complexity index is 173. The number of nitrogens with zero attached hydrogens (tertiary/aromatic N) is 1. The Hall–Kier alpha value is -0.450. The van der Waals surface area contributed by atoms with E-state index in [-0.39, 0.29) is 11.8 Å². The van der Waals surface area contributed by atoms with Crippen molar-refractivity contribution in [1.82, 2.24) is 4.90 Å².